The van der Waals surface area contributed by atoms with Crippen LogP contribution < -0.4 is 16.4 Å². The van der Waals surface area contributed by atoms with Crippen molar-refractivity contribution in [3.8, 4) is 0 Å². The van der Waals surface area contributed by atoms with Gasteiger partial charge in [0.25, 0.3) is 5.91 Å². The van der Waals surface area contributed by atoms with Gasteiger partial charge >= 0.3 is 11.1 Å². The first-order valence-corrected chi connectivity index (χ1v) is 7.50. The van der Waals surface area contributed by atoms with Crippen LogP contribution in [0.4, 0.5) is 5.82 Å². The maximum absolute atomic E-state index is 12.4. The highest BCUT2D eigenvalue weighted by Gasteiger charge is 2.11. The molecule has 2 N–H and O–H groups in total. The first-order valence-electron chi connectivity index (χ1n) is 7.50. The predicted molar refractivity (Wildman–Crippen MR) is 91.4 cm³/mol. The summed E-state index contributed by atoms with van der Waals surface area (Å²) < 4.78 is 1.37. The molecule has 0 radical (unpaired) electrons. The van der Waals surface area contributed by atoms with E-state index in [0.717, 1.165) is 5.56 Å². The van der Waals surface area contributed by atoms with E-state index in [2.05, 4.69) is 15.3 Å². The molecular weight excluding hydrogens is 308 g/mol. The van der Waals surface area contributed by atoms with Crippen molar-refractivity contribution >= 4 is 22.8 Å². The number of hydrogen-bond acceptors (Lipinski definition) is 4. The number of aromatic nitrogens is 3. The first kappa shape index (κ1) is 15.7. The molecule has 0 aliphatic carbocycles. The lowest BCUT2D eigenvalue weighted by atomic mass is 10.1. The number of H-pyrrole nitrogens is 1. The number of anilines is 1. The van der Waals surface area contributed by atoms with Gasteiger partial charge in [-0.2, -0.15) is 0 Å². The van der Waals surface area contributed by atoms with Gasteiger partial charge < -0.3 is 14.9 Å². The van der Waals surface area contributed by atoms with Gasteiger partial charge in [-0.05, 0) is 49.7 Å². The molecule has 0 aliphatic rings. The SMILES string of the molecule is CCn1c(=O)c(=O)[nH]c2cc(C(=O)Nc3cc(C)ccn3)ccc21. The molecule has 0 unspecified atom stereocenters. The van der Waals surface area contributed by atoms with E-state index in [4.69, 9.17) is 0 Å². The topological polar surface area (TPSA) is 96.9 Å². The number of nitrogens with zero attached hydrogens (tertiary/aromatic N) is 2. The maximum Gasteiger partial charge on any atom is 0.316 e. The molecule has 7 heteroatoms. The molecule has 2 heterocycles. The Hall–Kier alpha value is -3.22. The predicted octanol–water partition coefficient (Wildman–Crippen LogP) is 1.67. The summed E-state index contributed by atoms with van der Waals surface area (Å²) in [5.74, 6) is 0.109. The van der Waals surface area contributed by atoms with Crippen molar-refractivity contribution in [1.29, 1.82) is 0 Å². The van der Waals surface area contributed by atoms with Crippen LogP contribution in [-0.2, 0) is 6.54 Å². The Morgan fingerprint density at radius 2 is 2.04 bits per heavy atom. The quantitative estimate of drug-likeness (QED) is 0.716. The number of carbonyl (C=O) groups is 1. The average Bonchev–Trinajstić information content (AvgIpc) is 2.55. The number of carbonyl (C=O) groups excluding carboxylic acids is 1. The van der Waals surface area contributed by atoms with Crippen molar-refractivity contribution < 1.29 is 4.79 Å². The van der Waals surface area contributed by atoms with Gasteiger partial charge in [0.05, 0.1) is 11.0 Å². The summed E-state index contributed by atoms with van der Waals surface area (Å²) in [5.41, 5.74) is 1.05. The van der Waals surface area contributed by atoms with Gasteiger partial charge in [0, 0.05) is 18.3 Å². The molecule has 0 aliphatic heterocycles. The smallest absolute Gasteiger partial charge is 0.316 e. The fraction of sp³-hybridized carbons (Fsp3) is 0.176. The Bertz CT molecular complexity index is 1050. The number of nitrogens with one attached hydrogen (secondary N) is 2. The summed E-state index contributed by atoms with van der Waals surface area (Å²) in [6.45, 7) is 4.06. The van der Waals surface area contributed by atoms with Crippen LogP contribution in [-0.4, -0.2) is 20.4 Å². The third kappa shape index (κ3) is 2.83. The Labute approximate surface area is 137 Å². The number of rotatable bonds is 3. The third-order valence-corrected chi connectivity index (χ3v) is 3.71. The van der Waals surface area contributed by atoms with Crippen LogP contribution in [0, 0.1) is 6.92 Å². The summed E-state index contributed by atoms with van der Waals surface area (Å²) in [5, 5.41) is 2.71. The molecule has 0 atom stereocenters. The minimum Gasteiger partial charge on any atom is -0.316 e. The van der Waals surface area contributed by atoms with Crippen LogP contribution in [0.2, 0.25) is 0 Å². The minimum atomic E-state index is -0.706. The van der Waals surface area contributed by atoms with Gasteiger partial charge in [0.15, 0.2) is 0 Å². The monoisotopic (exact) mass is 324 g/mol. The van der Waals surface area contributed by atoms with Crippen molar-refractivity contribution in [2.24, 2.45) is 0 Å². The highest BCUT2D eigenvalue weighted by atomic mass is 16.2. The van der Waals surface area contributed by atoms with E-state index >= 15 is 0 Å². The van der Waals surface area contributed by atoms with E-state index in [1.54, 1.807) is 37.4 Å². The number of benzene rings is 1. The van der Waals surface area contributed by atoms with E-state index in [0.29, 0.717) is 29.0 Å². The number of pyridine rings is 1. The van der Waals surface area contributed by atoms with Crippen LogP contribution >= 0.6 is 0 Å². The maximum atomic E-state index is 12.4. The van der Waals surface area contributed by atoms with Crippen LogP contribution in [0.1, 0.15) is 22.8 Å². The molecule has 0 fully saturated rings. The van der Waals surface area contributed by atoms with Gasteiger partial charge in [0.2, 0.25) is 0 Å². The summed E-state index contributed by atoms with van der Waals surface area (Å²) in [4.78, 5) is 42.5. The average molecular weight is 324 g/mol. The first-order chi connectivity index (χ1) is 11.5. The molecular formula is C17H16N4O3. The Morgan fingerprint density at radius 3 is 2.75 bits per heavy atom. The summed E-state index contributed by atoms with van der Waals surface area (Å²) in [6, 6.07) is 8.40. The number of hydrogen-bond donors (Lipinski definition) is 2. The molecule has 0 bridgehead atoms. The molecule has 122 valence electrons. The lowest BCUT2D eigenvalue weighted by Gasteiger charge is -2.09. The molecule has 3 aromatic rings. The van der Waals surface area contributed by atoms with Crippen molar-refractivity contribution in [3.63, 3.8) is 0 Å². The lowest BCUT2D eigenvalue weighted by molar-refractivity contribution is 0.102. The van der Waals surface area contributed by atoms with E-state index < -0.39 is 11.1 Å². The summed E-state index contributed by atoms with van der Waals surface area (Å²) >= 11 is 0. The Morgan fingerprint density at radius 1 is 1.25 bits per heavy atom. The van der Waals surface area contributed by atoms with E-state index in [-0.39, 0.29) is 5.91 Å². The molecule has 0 spiro atoms. The van der Waals surface area contributed by atoms with Crippen molar-refractivity contribution in [2.75, 3.05) is 5.32 Å². The van der Waals surface area contributed by atoms with E-state index in [1.807, 2.05) is 13.0 Å². The largest absolute Gasteiger partial charge is 0.316 e. The van der Waals surface area contributed by atoms with Gasteiger partial charge in [-0.1, -0.05) is 0 Å². The highest BCUT2D eigenvalue weighted by Crippen LogP contribution is 2.14. The second kappa shape index (κ2) is 6.11. The molecule has 2 aromatic heterocycles. The highest BCUT2D eigenvalue weighted by molar-refractivity contribution is 6.05. The van der Waals surface area contributed by atoms with E-state index in [1.165, 1.54) is 4.57 Å². The van der Waals surface area contributed by atoms with Crippen molar-refractivity contribution in [3.05, 3.63) is 68.4 Å². The summed E-state index contributed by atoms with van der Waals surface area (Å²) in [7, 11) is 0. The van der Waals surface area contributed by atoms with Crippen LogP contribution in [0.5, 0.6) is 0 Å². The molecule has 7 nitrogen and oxygen atoms in total. The number of aryl methyl sites for hydroxylation is 2. The second-order valence-corrected chi connectivity index (χ2v) is 5.41. The third-order valence-electron chi connectivity index (χ3n) is 3.71. The van der Waals surface area contributed by atoms with Crippen LogP contribution in [0.25, 0.3) is 11.0 Å². The number of fused-ring (bicyclic) bond motifs is 1. The van der Waals surface area contributed by atoms with Gasteiger partial charge in [-0.15, -0.1) is 0 Å². The molecule has 1 amide bonds. The molecule has 1 aromatic carbocycles. The van der Waals surface area contributed by atoms with E-state index in [9.17, 15) is 14.4 Å². The zero-order valence-corrected chi connectivity index (χ0v) is 13.3. The normalized spacial score (nSPS) is 10.8. The standard InChI is InChI=1S/C17H16N4O3/c1-3-21-13-5-4-11(9-12(13)19-16(23)17(21)24)15(22)20-14-8-10(2)6-7-18-14/h4-9H,3H2,1-2H3,(H,19,23)(H,18,20,22). The molecule has 0 saturated carbocycles. The van der Waals surface area contributed by atoms with Crippen molar-refractivity contribution in [2.45, 2.75) is 20.4 Å². The van der Waals surface area contributed by atoms with Gasteiger partial charge in [-0.3, -0.25) is 14.4 Å². The fourth-order valence-electron chi connectivity index (χ4n) is 2.53. The summed E-state index contributed by atoms with van der Waals surface area (Å²) in [6.07, 6.45) is 1.61. The van der Waals surface area contributed by atoms with Crippen LogP contribution in [0.15, 0.2) is 46.1 Å². The fourth-order valence-corrected chi connectivity index (χ4v) is 2.53. The van der Waals surface area contributed by atoms with Gasteiger partial charge in [0.1, 0.15) is 5.82 Å². The number of amides is 1. The number of aromatic amines is 1. The zero-order chi connectivity index (χ0) is 17.3. The molecule has 24 heavy (non-hydrogen) atoms. The van der Waals surface area contributed by atoms with Crippen LogP contribution in [0.3, 0.4) is 0 Å². The Balaban J connectivity index is 2.02. The second-order valence-electron chi connectivity index (χ2n) is 5.41. The lowest BCUT2D eigenvalue weighted by Crippen LogP contribution is -2.36. The molecule has 0 saturated heterocycles. The van der Waals surface area contributed by atoms with Crippen molar-refractivity contribution in [1.82, 2.24) is 14.5 Å². The zero-order valence-electron chi connectivity index (χ0n) is 13.3. The minimum absolute atomic E-state index is 0.343. The Kier molecular flexibility index (Phi) is 3.99. The van der Waals surface area contributed by atoms with Gasteiger partial charge in [-0.25, -0.2) is 4.98 Å². The molecule has 3 rings (SSSR count).